The molecular formula is C14H18N5NaO7S. The largest absolute Gasteiger partial charge is 1.00 e. The fourth-order valence-corrected chi connectivity index (χ4v) is 3.92. The molecule has 3 atom stereocenters. The number of hydrogen-bond donors (Lipinski definition) is 1. The van der Waals surface area contributed by atoms with Gasteiger partial charge in [0.25, 0.3) is 11.8 Å². The fraction of sp³-hybridized carbons (Fsp3) is 0.643. The smallest absolute Gasteiger partial charge is 0.609 e. The third-order valence-electron chi connectivity index (χ3n) is 4.24. The van der Waals surface area contributed by atoms with Crippen LogP contribution in [0.25, 0.3) is 0 Å². The standard InChI is InChI=1S/C14H19N5O7S.Na/c1-2-18-8-15-17-13(18)27(24)7-10(20)16-9-6-26-19(11(9)21)14(12(22)23)4-3-5-25-14;/h8-9H,2-7H2,1H3,(H,16,20)(H,22,23);/q;+1/p-1/t9-,14?,27?;/m0./s1. The Bertz CT molecular complexity index is 741. The molecule has 1 aromatic heterocycles. The predicted octanol–water partition coefficient (Wildman–Crippen LogP) is -6.08. The number of aryl methyl sites for hydroxylation is 1. The summed E-state index contributed by atoms with van der Waals surface area (Å²) in [6.45, 7) is 2.19. The summed E-state index contributed by atoms with van der Waals surface area (Å²) in [4.78, 5) is 41.2. The van der Waals surface area contributed by atoms with Crippen molar-refractivity contribution in [3.8, 4) is 0 Å². The Kier molecular flexibility index (Phi) is 7.84. The number of carboxylic acid groups (broad SMARTS) is 1. The van der Waals surface area contributed by atoms with Crippen LogP contribution in [0.1, 0.15) is 19.8 Å². The topological polar surface area (TPSA) is 162 Å². The zero-order valence-electron chi connectivity index (χ0n) is 15.5. The zero-order valence-corrected chi connectivity index (χ0v) is 18.3. The van der Waals surface area contributed by atoms with Gasteiger partial charge >= 0.3 is 34.7 Å². The van der Waals surface area contributed by atoms with Crippen molar-refractivity contribution in [1.29, 1.82) is 0 Å². The summed E-state index contributed by atoms with van der Waals surface area (Å²) in [5.41, 5.74) is -1.99. The van der Waals surface area contributed by atoms with Gasteiger partial charge in [0.15, 0.2) is 5.75 Å². The molecule has 14 heteroatoms. The van der Waals surface area contributed by atoms with Gasteiger partial charge in [-0.2, -0.15) is 5.06 Å². The van der Waals surface area contributed by atoms with Gasteiger partial charge in [0.05, 0.1) is 12.6 Å². The molecule has 2 aliphatic heterocycles. The molecule has 0 spiro atoms. The molecule has 148 valence electrons. The number of amides is 2. The number of hydrogen-bond acceptors (Lipinski definition) is 9. The van der Waals surface area contributed by atoms with Crippen molar-refractivity contribution in [2.45, 2.75) is 43.2 Å². The molecule has 12 nitrogen and oxygen atoms in total. The maximum atomic E-state index is 12.5. The SMILES string of the molecule is CCn1cnnc1[S+]([O-])CC(=O)N[C@H]1CON(C2(C(=O)[O-])CCCO2)C1=O.[Na+]. The molecule has 2 unspecified atom stereocenters. The van der Waals surface area contributed by atoms with Crippen LogP contribution < -0.4 is 40.0 Å². The number of nitrogens with zero attached hydrogens (tertiary/aromatic N) is 4. The molecule has 2 saturated heterocycles. The molecule has 2 amide bonds. The third kappa shape index (κ3) is 4.35. The molecule has 1 aromatic rings. The summed E-state index contributed by atoms with van der Waals surface area (Å²) in [5, 5.41) is 22.0. The summed E-state index contributed by atoms with van der Waals surface area (Å²) in [6, 6.07) is -1.11. The van der Waals surface area contributed by atoms with Crippen molar-refractivity contribution in [1.82, 2.24) is 25.1 Å². The molecule has 3 heterocycles. The number of rotatable bonds is 7. The molecule has 3 rings (SSSR count). The van der Waals surface area contributed by atoms with E-state index >= 15 is 0 Å². The van der Waals surface area contributed by atoms with Crippen LogP contribution in [0, 0.1) is 0 Å². The van der Waals surface area contributed by atoms with Crippen LogP contribution >= 0.6 is 0 Å². The zero-order chi connectivity index (χ0) is 19.6. The summed E-state index contributed by atoms with van der Waals surface area (Å²) in [7, 11) is 0. The second-order valence-corrected chi connectivity index (χ2v) is 7.31. The van der Waals surface area contributed by atoms with Crippen molar-refractivity contribution in [2.24, 2.45) is 0 Å². The Labute approximate surface area is 185 Å². The van der Waals surface area contributed by atoms with Crippen molar-refractivity contribution >= 4 is 29.0 Å². The maximum absolute atomic E-state index is 12.5. The van der Waals surface area contributed by atoms with Gasteiger partial charge in [-0.05, 0) is 13.3 Å². The monoisotopic (exact) mass is 423 g/mol. The Morgan fingerprint density at radius 2 is 2.25 bits per heavy atom. The van der Waals surface area contributed by atoms with E-state index in [9.17, 15) is 24.0 Å². The van der Waals surface area contributed by atoms with Gasteiger partial charge in [0.2, 0.25) is 5.72 Å². The van der Waals surface area contributed by atoms with E-state index in [-0.39, 0.29) is 54.3 Å². The van der Waals surface area contributed by atoms with Crippen LogP contribution in [0.15, 0.2) is 11.5 Å². The van der Waals surface area contributed by atoms with E-state index in [1.54, 1.807) is 0 Å². The van der Waals surface area contributed by atoms with E-state index in [1.165, 1.54) is 10.9 Å². The first-order valence-corrected chi connectivity index (χ1v) is 9.59. The number of hydroxylamine groups is 2. The van der Waals surface area contributed by atoms with E-state index in [1.807, 2.05) is 6.92 Å². The normalized spacial score (nSPS) is 25.4. The molecule has 2 fully saturated rings. The molecule has 28 heavy (non-hydrogen) atoms. The minimum atomic E-state index is -1.99. The molecule has 1 N–H and O–H groups in total. The third-order valence-corrected chi connectivity index (χ3v) is 5.49. The summed E-state index contributed by atoms with van der Waals surface area (Å²) < 4.78 is 19.0. The van der Waals surface area contributed by atoms with Crippen LogP contribution in [0.5, 0.6) is 0 Å². The molecule has 0 aliphatic carbocycles. The second-order valence-electron chi connectivity index (χ2n) is 5.96. The Balaban J connectivity index is 0.00000280. The van der Waals surface area contributed by atoms with Gasteiger partial charge in [-0.25, -0.2) is 0 Å². The molecular weight excluding hydrogens is 405 g/mol. The van der Waals surface area contributed by atoms with Gasteiger partial charge in [0, 0.05) is 24.1 Å². The van der Waals surface area contributed by atoms with Crippen LogP contribution in [0.2, 0.25) is 0 Å². The first-order valence-electron chi connectivity index (χ1n) is 8.27. The van der Waals surface area contributed by atoms with E-state index in [4.69, 9.17) is 9.57 Å². The van der Waals surface area contributed by atoms with Crippen molar-refractivity contribution in [2.75, 3.05) is 19.0 Å². The Morgan fingerprint density at radius 1 is 1.50 bits per heavy atom. The van der Waals surface area contributed by atoms with E-state index in [0.717, 1.165) is 0 Å². The number of carbonyl (C=O) groups excluding carboxylic acids is 3. The Hall–Kier alpha value is -1.22. The van der Waals surface area contributed by atoms with Gasteiger partial charge in [-0.3, -0.25) is 19.0 Å². The first kappa shape index (κ1) is 23.1. The van der Waals surface area contributed by atoms with Gasteiger partial charge < -0.3 is 24.5 Å². The maximum Gasteiger partial charge on any atom is 1.00 e. The fourth-order valence-electron chi connectivity index (χ4n) is 2.90. The predicted molar refractivity (Wildman–Crippen MR) is 84.6 cm³/mol. The first-order chi connectivity index (χ1) is 12.9. The van der Waals surface area contributed by atoms with E-state index in [2.05, 4.69) is 15.5 Å². The minimum absolute atomic E-state index is 0. The number of aromatic nitrogens is 3. The van der Waals surface area contributed by atoms with Crippen LogP contribution in [-0.4, -0.2) is 72.9 Å². The van der Waals surface area contributed by atoms with E-state index < -0.39 is 46.5 Å². The van der Waals surface area contributed by atoms with Crippen LogP contribution in [0.4, 0.5) is 0 Å². The number of aliphatic carboxylic acids is 1. The average molecular weight is 423 g/mol. The number of nitrogens with one attached hydrogen (secondary N) is 1. The van der Waals surface area contributed by atoms with E-state index in [0.29, 0.717) is 18.0 Å². The quantitative estimate of drug-likeness (QED) is 0.332. The van der Waals surface area contributed by atoms with Crippen molar-refractivity contribution < 1.29 is 63.2 Å². The second kappa shape index (κ2) is 9.52. The number of carbonyl (C=O) groups is 3. The summed E-state index contributed by atoms with van der Waals surface area (Å²) >= 11 is -1.75. The molecule has 0 aromatic carbocycles. The average Bonchev–Trinajstić information content (AvgIpc) is 3.35. The van der Waals surface area contributed by atoms with Crippen molar-refractivity contribution in [3.63, 3.8) is 0 Å². The molecule has 0 saturated carbocycles. The number of carboxylic acids is 1. The van der Waals surface area contributed by atoms with Gasteiger partial charge in [-0.1, -0.05) is 5.10 Å². The van der Waals surface area contributed by atoms with Gasteiger partial charge in [-0.15, -0.1) is 5.10 Å². The molecule has 0 bridgehead atoms. The summed E-state index contributed by atoms with van der Waals surface area (Å²) in [6.07, 6.45) is 1.85. The molecule has 0 radical (unpaired) electrons. The van der Waals surface area contributed by atoms with Crippen LogP contribution in [-0.2, 0) is 41.7 Å². The van der Waals surface area contributed by atoms with Crippen LogP contribution in [0.3, 0.4) is 0 Å². The van der Waals surface area contributed by atoms with Gasteiger partial charge in [0.1, 0.15) is 19.0 Å². The number of ether oxygens (including phenoxy) is 1. The summed E-state index contributed by atoms with van der Waals surface area (Å²) in [5.74, 6) is -3.44. The molecule has 2 aliphatic rings. The van der Waals surface area contributed by atoms with Crippen molar-refractivity contribution in [3.05, 3.63) is 6.33 Å². The minimum Gasteiger partial charge on any atom is -0.609 e. The Morgan fingerprint density at radius 3 is 2.86 bits per heavy atom.